The van der Waals surface area contributed by atoms with Crippen LogP contribution in [0.15, 0.2) is 130 Å². The van der Waals surface area contributed by atoms with Crippen LogP contribution in [0.5, 0.6) is 5.88 Å². The molecule has 2 saturated heterocycles. The molecule has 21 nitrogen and oxygen atoms in total. The second kappa shape index (κ2) is 26.0. The zero-order valence-electron chi connectivity index (χ0n) is 51.7. The van der Waals surface area contributed by atoms with Crippen molar-refractivity contribution in [1.82, 2.24) is 44.8 Å². The number of para-hydroxylation sites is 1. The fraction of sp³-hybridized carbons (Fsp3) is 0.368. The SMILES string of the molecule is Cc1ncsc1-c1ccc([C@H](C)NC(=O)[C@@H]2C[C@@H](O)CN2C(=O)C(c2cc(OC3CN(c4ccc(S(=O)(=O)NC(=O)c5nc(N6CCc7cccc(C(=O)Nc8nc9ccccc9s8)c7C6)ccc5-c5cnn(CC6CCCCC6)c5C)cc4)C3)no2)C(C)C)cc1. The summed E-state index contributed by atoms with van der Waals surface area (Å²) < 4.78 is 45.8. The zero-order valence-corrected chi connectivity index (χ0v) is 54.2. The first-order valence-electron chi connectivity index (χ1n) is 31.3. The Balaban J connectivity index is 0.659. The molecule has 5 aromatic heterocycles. The highest BCUT2D eigenvalue weighted by Crippen LogP contribution is 2.37. The highest BCUT2D eigenvalue weighted by molar-refractivity contribution is 7.90. The number of ether oxygens (including phenoxy) is 1. The number of sulfonamides is 1. The molecule has 3 aliphatic heterocycles. The number of likely N-dealkylation sites (tertiary alicyclic amines) is 1. The van der Waals surface area contributed by atoms with Crippen LogP contribution in [-0.4, -0.2) is 116 Å². The third-order valence-electron chi connectivity index (χ3n) is 18.3. The van der Waals surface area contributed by atoms with E-state index in [-0.39, 0.29) is 71.0 Å². The number of amides is 4. The molecule has 8 heterocycles. The number of nitrogens with one attached hydrogen (secondary N) is 3. The quantitative estimate of drug-likeness (QED) is 0.0587. The van der Waals surface area contributed by atoms with Gasteiger partial charge in [-0.25, -0.2) is 28.1 Å². The van der Waals surface area contributed by atoms with E-state index in [0.29, 0.717) is 66.2 Å². The van der Waals surface area contributed by atoms with Crippen molar-refractivity contribution in [2.24, 2.45) is 11.8 Å². The number of benzene rings is 4. The van der Waals surface area contributed by atoms with E-state index in [9.17, 15) is 32.7 Å². The summed E-state index contributed by atoms with van der Waals surface area (Å²) in [6, 6.07) is 31.6. The minimum atomic E-state index is -4.44. The maximum atomic E-state index is 14.7. The Morgan fingerprint density at radius 1 is 0.848 bits per heavy atom. The standard InChI is InChI=1S/C68H72N12O9S3/c1-39(2)61(67(85)79-34-48(81)30-56(79)65(83)71-40(3)44-18-20-46(21-19-44)63-41(4)69-38-90-63)57-31-60(75-89-57)88-49-35-78(36-49)47-22-24-50(25-23-47)92(86,87)76-66(84)62-51(53-32-70-80(42(53)5)33-43-12-7-6-8-13-43)26-27-59(73-62)77-29-28-45-14-11-15-52(54(45)37-77)64(82)74-68-72-55-16-9-10-17-58(55)91-68/h9-11,14-27,31-32,38-40,43,48-49,56,61,81H,6-8,12-13,28-30,33-37H2,1-5H3,(H,71,83)(H,76,84)(H,72,74,82)/t40-,48+,56-,61?/m0/s1. The van der Waals surface area contributed by atoms with Crippen molar-refractivity contribution in [3.05, 3.63) is 166 Å². The van der Waals surface area contributed by atoms with Crippen molar-refractivity contribution in [1.29, 1.82) is 0 Å². The van der Waals surface area contributed by atoms with Gasteiger partial charge in [-0.3, -0.25) is 29.2 Å². The van der Waals surface area contributed by atoms with Crippen LogP contribution in [0.3, 0.4) is 0 Å². The van der Waals surface area contributed by atoms with E-state index in [0.717, 1.165) is 73.8 Å². The lowest BCUT2D eigenvalue weighted by Crippen LogP contribution is -2.54. The summed E-state index contributed by atoms with van der Waals surface area (Å²) in [6.07, 6.45) is 7.04. The van der Waals surface area contributed by atoms with Gasteiger partial charge < -0.3 is 34.4 Å². The lowest BCUT2D eigenvalue weighted by molar-refractivity contribution is -0.141. The Bertz CT molecular complexity index is 4310. The third-order valence-corrected chi connectivity index (χ3v) is 21.5. The van der Waals surface area contributed by atoms with Crippen LogP contribution in [-0.2, 0) is 39.1 Å². The molecule has 476 valence electrons. The first-order chi connectivity index (χ1) is 44.4. The molecular formula is C68H72N12O9S3. The summed E-state index contributed by atoms with van der Waals surface area (Å²) in [5.74, 6) is -1.62. The van der Waals surface area contributed by atoms with Crippen molar-refractivity contribution in [3.8, 4) is 27.4 Å². The van der Waals surface area contributed by atoms with Gasteiger partial charge in [-0.2, -0.15) is 5.10 Å². The fourth-order valence-corrected chi connectivity index (χ4v) is 15.8. The molecule has 4 amide bonds. The van der Waals surface area contributed by atoms with E-state index in [4.69, 9.17) is 19.3 Å². The number of carbonyl (C=O) groups is 4. The van der Waals surface area contributed by atoms with Gasteiger partial charge in [0.05, 0.1) is 62.6 Å². The molecule has 24 heteroatoms. The number of β-amino-alcohol motifs (C(OH)–C–C–N with tert-alkyl or cyclic N) is 1. The van der Waals surface area contributed by atoms with E-state index >= 15 is 0 Å². The smallest absolute Gasteiger partial charge is 0.284 e. The lowest BCUT2D eigenvalue weighted by atomic mass is 9.89. The summed E-state index contributed by atoms with van der Waals surface area (Å²) in [4.78, 5) is 77.2. The molecule has 1 unspecified atom stereocenters. The average Bonchev–Trinajstić information content (AvgIpc) is 1.22. The normalized spacial score (nSPS) is 17.8. The van der Waals surface area contributed by atoms with E-state index in [1.165, 1.54) is 47.6 Å². The maximum Gasteiger partial charge on any atom is 0.284 e. The lowest BCUT2D eigenvalue weighted by Gasteiger charge is -2.40. The van der Waals surface area contributed by atoms with Gasteiger partial charge >= 0.3 is 0 Å². The van der Waals surface area contributed by atoms with Gasteiger partial charge in [0.25, 0.3) is 27.7 Å². The number of nitrogens with zero attached hydrogens (tertiary/aromatic N) is 9. The molecule has 4 aromatic carbocycles. The summed E-state index contributed by atoms with van der Waals surface area (Å²) in [7, 11) is -4.44. The number of anilines is 3. The highest BCUT2D eigenvalue weighted by Gasteiger charge is 2.44. The summed E-state index contributed by atoms with van der Waals surface area (Å²) in [6.45, 7) is 12.0. The minimum Gasteiger partial charge on any atom is -0.468 e. The molecule has 4 N–H and O–H groups in total. The number of aromatic nitrogens is 6. The number of carbonyl (C=O) groups excluding carboxylic acids is 4. The van der Waals surface area contributed by atoms with Crippen LogP contribution in [0.1, 0.15) is 126 Å². The number of thiazole rings is 2. The van der Waals surface area contributed by atoms with Gasteiger partial charge in [-0.05, 0) is 134 Å². The molecule has 4 atom stereocenters. The Morgan fingerprint density at radius 3 is 2.38 bits per heavy atom. The van der Waals surface area contributed by atoms with Gasteiger partial charge in [-0.15, -0.1) is 11.3 Å². The molecular weight excluding hydrogens is 1230 g/mol. The topological polar surface area (TPSA) is 260 Å². The number of rotatable bonds is 19. The molecule has 1 saturated carbocycles. The highest BCUT2D eigenvalue weighted by atomic mass is 32.2. The van der Waals surface area contributed by atoms with Crippen LogP contribution in [0.4, 0.5) is 16.6 Å². The summed E-state index contributed by atoms with van der Waals surface area (Å²) >= 11 is 2.97. The van der Waals surface area contributed by atoms with Crippen molar-refractivity contribution in [2.45, 2.75) is 128 Å². The van der Waals surface area contributed by atoms with Crippen LogP contribution < -0.4 is 29.9 Å². The number of fused-ring (bicyclic) bond motifs is 2. The zero-order chi connectivity index (χ0) is 63.9. The second-order valence-electron chi connectivity index (χ2n) is 24.8. The molecule has 0 bridgehead atoms. The van der Waals surface area contributed by atoms with Crippen LogP contribution in [0.25, 0.3) is 31.8 Å². The first kappa shape index (κ1) is 62.0. The Hall–Kier alpha value is -8.84. The van der Waals surface area contributed by atoms with E-state index in [2.05, 4.69) is 30.5 Å². The van der Waals surface area contributed by atoms with Gasteiger partial charge in [0.15, 0.2) is 10.9 Å². The van der Waals surface area contributed by atoms with Crippen molar-refractivity contribution in [3.63, 3.8) is 0 Å². The van der Waals surface area contributed by atoms with Crippen LogP contribution in [0.2, 0.25) is 0 Å². The summed E-state index contributed by atoms with van der Waals surface area (Å²) in [5, 5.41) is 26.3. The third kappa shape index (κ3) is 12.9. The van der Waals surface area contributed by atoms with Gasteiger partial charge in [0, 0.05) is 66.7 Å². The maximum absolute atomic E-state index is 14.7. The first-order valence-corrected chi connectivity index (χ1v) is 34.5. The number of aliphatic hydroxyl groups is 1. The number of aryl methyl sites for hydroxylation is 1. The molecule has 13 rings (SSSR count). The molecule has 4 aliphatic rings. The Labute approximate surface area is 541 Å². The predicted molar refractivity (Wildman–Crippen MR) is 352 cm³/mol. The van der Waals surface area contributed by atoms with Crippen molar-refractivity contribution in [2.75, 3.05) is 41.3 Å². The molecule has 0 radical (unpaired) electrons. The van der Waals surface area contributed by atoms with Gasteiger partial charge in [-0.1, -0.05) is 93.0 Å². The predicted octanol–water partition coefficient (Wildman–Crippen LogP) is 10.6. The molecule has 92 heavy (non-hydrogen) atoms. The molecule has 0 spiro atoms. The number of hydrogen-bond acceptors (Lipinski definition) is 18. The van der Waals surface area contributed by atoms with Gasteiger partial charge in [0.2, 0.25) is 11.8 Å². The second-order valence-corrected chi connectivity index (χ2v) is 28.4. The summed E-state index contributed by atoms with van der Waals surface area (Å²) in [5.41, 5.74) is 10.4. The van der Waals surface area contributed by atoms with Crippen LogP contribution >= 0.6 is 22.7 Å². The number of aliphatic hydroxyl groups excluding tert-OH is 1. The van der Waals surface area contributed by atoms with Gasteiger partial charge in [0.1, 0.15) is 29.6 Å². The largest absolute Gasteiger partial charge is 0.468 e. The molecule has 1 aliphatic carbocycles. The Kier molecular flexibility index (Phi) is 17.5. The molecule has 3 fully saturated rings. The van der Waals surface area contributed by atoms with Crippen LogP contribution in [0, 0.1) is 25.7 Å². The van der Waals surface area contributed by atoms with E-state index in [1.807, 2.05) is 121 Å². The molecule has 9 aromatic rings. The number of pyridine rings is 1. The van der Waals surface area contributed by atoms with E-state index in [1.54, 1.807) is 47.9 Å². The Morgan fingerprint density at radius 2 is 1.63 bits per heavy atom. The fourth-order valence-electron chi connectivity index (χ4n) is 13.2. The minimum absolute atomic E-state index is 0.00916. The number of hydrogen-bond donors (Lipinski definition) is 4. The monoisotopic (exact) mass is 1300 g/mol. The van der Waals surface area contributed by atoms with Crippen molar-refractivity contribution >= 4 is 83.2 Å². The van der Waals surface area contributed by atoms with E-state index < -0.39 is 34.0 Å². The average molecular weight is 1300 g/mol. The van der Waals surface area contributed by atoms with Crippen molar-refractivity contribution < 1.29 is 42.0 Å².